The quantitative estimate of drug-likeness (QED) is 0.726. The van der Waals surface area contributed by atoms with Crippen molar-refractivity contribution in [1.29, 1.82) is 0 Å². The Hall–Kier alpha value is -0.750. The molecule has 6 heteroatoms. The minimum Gasteiger partial charge on any atom is -0.463 e. The van der Waals surface area contributed by atoms with E-state index in [1.807, 2.05) is 0 Å². The topological polar surface area (TPSA) is 59.9 Å². The number of hydrogen-bond donors (Lipinski definition) is 1. The van der Waals surface area contributed by atoms with Gasteiger partial charge >= 0.3 is 5.97 Å². The van der Waals surface area contributed by atoms with Crippen LogP contribution in [0.4, 0.5) is 0 Å². The van der Waals surface area contributed by atoms with E-state index in [-0.39, 0.29) is 17.5 Å². The second-order valence-electron chi connectivity index (χ2n) is 3.90. The third-order valence-electron chi connectivity index (χ3n) is 2.67. The van der Waals surface area contributed by atoms with Crippen molar-refractivity contribution in [1.82, 2.24) is 5.32 Å². The van der Waals surface area contributed by atoms with E-state index in [9.17, 15) is 4.79 Å². The summed E-state index contributed by atoms with van der Waals surface area (Å²) in [5.41, 5.74) is 0.105. The zero-order valence-electron chi connectivity index (χ0n) is 9.43. The van der Waals surface area contributed by atoms with Crippen LogP contribution in [-0.2, 0) is 14.3 Å². The molecule has 1 N–H and O–H groups in total. The van der Waals surface area contributed by atoms with Gasteiger partial charge in [0.25, 0.3) is 0 Å². The van der Waals surface area contributed by atoms with Crippen molar-refractivity contribution in [2.75, 3.05) is 13.7 Å². The molecule has 0 aromatic carbocycles. The van der Waals surface area contributed by atoms with Gasteiger partial charge in [-0.1, -0.05) is 11.8 Å². The van der Waals surface area contributed by atoms with Crippen LogP contribution in [0, 0.1) is 0 Å². The smallest absolute Gasteiger partial charge is 0.302 e. The lowest BCUT2D eigenvalue weighted by Gasteiger charge is -2.30. The lowest BCUT2D eigenvalue weighted by molar-refractivity contribution is -0.147. The molecule has 2 aliphatic heterocycles. The number of hydrogen-bond acceptors (Lipinski definition) is 5. The first-order valence-corrected chi connectivity index (χ1v) is 6.26. The minimum atomic E-state index is -0.251. The Balaban J connectivity index is 1.84. The SMILES string of the molecule is CN=C1N[C@@H]2CC[C@H](COC(C)=O)O[C@@H]2S1. The molecule has 0 aromatic heterocycles. The number of carbonyl (C=O) groups excluding carboxylic acids is 1. The molecule has 0 saturated carbocycles. The van der Waals surface area contributed by atoms with Gasteiger partial charge in [0.1, 0.15) is 12.0 Å². The second-order valence-corrected chi connectivity index (χ2v) is 4.99. The first kappa shape index (κ1) is 11.7. The predicted octanol–water partition coefficient (Wildman–Crippen LogP) is 0.745. The number of aliphatic imine (C=N–C) groups is 1. The number of carbonyl (C=O) groups is 1. The Morgan fingerprint density at radius 3 is 3.19 bits per heavy atom. The van der Waals surface area contributed by atoms with E-state index in [2.05, 4.69) is 10.3 Å². The van der Waals surface area contributed by atoms with Crippen molar-refractivity contribution in [3.63, 3.8) is 0 Å². The fourth-order valence-electron chi connectivity index (χ4n) is 1.86. The van der Waals surface area contributed by atoms with Crippen molar-refractivity contribution in [3.8, 4) is 0 Å². The largest absolute Gasteiger partial charge is 0.463 e. The average Bonchev–Trinajstić information content (AvgIpc) is 2.68. The molecule has 2 aliphatic rings. The van der Waals surface area contributed by atoms with Gasteiger partial charge in [0.15, 0.2) is 5.17 Å². The number of amidine groups is 1. The van der Waals surface area contributed by atoms with Crippen LogP contribution in [0.3, 0.4) is 0 Å². The van der Waals surface area contributed by atoms with E-state index in [0.717, 1.165) is 18.0 Å². The number of ether oxygens (including phenoxy) is 2. The Bertz CT molecular complexity index is 308. The van der Waals surface area contributed by atoms with E-state index in [1.165, 1.54) is 6.92 Å². The standard InChI is InChI=1S/C10H16N2O3S/c1-6(13)14-5-7-3-4-8-9(15-7)16-10(11-2)12-8/h7-9H,3-5H2,1-2H3,(H,11,12)/t7-,8-,9-/m1/s1. The van der Waals surface area contributed by atoms with E-state index in [1.54, 1.807) is 18.8 Å². The summed E-state index contributed by atoms with van der Waals surface area (Å²) in [5, 5.41) is 4.24. The summed E-state index contributed by atoms with van der Waals surface area (Å²) in [6.45, 7) is 1.77. The number of rotatable bonds is 2. The molecule has 2 heterocycles. The van der Waals surface area contributed by atoms with E-state index < -0.39 is 0 Å². The number of fused-ring (bicyclic) bond motifs is 1. The zero-order chi connectivity index (χ0) is 11.5. The molecule has 0 amide bonds. The van der Waals surface area contributed by atoms with Gasteiger partial charge in [0.2, 0.25) is 0 Å². The molecule has 0 bridgehead atoms. The predicted molar refractivity (Wildman–Crippen MR) is 62.4 cm³/mol. The summed E-state index contributed by atoms with van der Waals surface area (Å²) < 4.78 is 10.8. The van der Waals surface area contributed by atoms with Crippen LogP contribution in [0.25, 0.3) is 0 Å². The molecule has 5 nitrogen and oxygen atoms in total. The maximum Gasteiger partial charge on any atom is 0.302 e. The summed E-state index contributed by atoms with van der Waals surface area (Å²) in [6.07, 6.45) is 1.97. The van der Waals surface area contributed by atoms with Gasteiger partial charge in [0.05, 0.1) is 12.1 Å². The highest BCUT2D eigenvalue weighted by Crippen LogP contribution is 2.33. The molecule has 0 aliphatic carbocycles. The fraction of sp³-hybridized carbons (Fsp3) is 0.800. The first-order chi connectivity index (χ1) is 7.69. The van der Waals surface area contributed by atoms with Crippen LogP contribution in [0.2, 0.25) is 0 Å². The van der Waals surface area contributed by atoms with Gasteiger partial charge in [-0.05, 0) is 12.8 Å². The van der Waals surface area contributed by atoms with Gasteiger partial charge in [-0.3, -0.25) is 9.79 Å². The average molecular weight is 244 g/mol. The Morgan fingerprint density at radius 2 is 2.50 bits per heavy atom. The molecule has 0 radical (unpaired) electrons. The minimum absolute atomic E-state index is 0.0238. The fourth-order valence-corrected chi connectivity index (χ4v) is 2.98. The molecule has 0 aromatic rings. The highest BCUT2D eigenvalue weighted by Gasteiger charge is 2.38. The summed E-state index contributed by atoms with van der Waals surface area (Å²) in [7, 11) is 1.77. The van der Waals surface area contributed by atoms with Crippen molar-refractivity contribution in [3.05, 3.63) is 0 Å². The molecule has 2 fully saturated rings. The van der Waals surface area contributed by atoms with Crippen LogP contribution < -0.4 is 5.32 Å². The van der Waals surface area contributed by atoms with Crippen LogP contribution in [0.15, 0.2) is 4.99 Å². The Kier molecular flexibility index (Phi) is 3.70. The molecule has 3 atom stereocenters. The van der Waals surface area contributed by atoms with E-state index in [4.69, 9.17) is 9.47 Å². The summed E-state index contributed by atoms with van der Waals surface area (Å²) in [4.78, 5) is 14.8. The summed E-state index contributed by atoms with van der Waals surface area (Å²) in [6, 6.07) is 0.345. The molecule has 0 unspecified atom stereocenters. The number of thioether (sulfide) groups is 1. The first-order valence-electron chi connectivity index (χ1n) is 5.38. The summed E-state index contributed by atoms with van der Waals surface area (Å²) in [5.74, 6) is -0.251. The van der Waals surface area contributed by atoms with Crippen LogP contribution in [-0.4, -0.2) is 42.4 Å². The molecular weight excluding hydrogens is 228 g/mol. The zero-order valence-corrected chi connectivity index (χ0v) is 10.3. The maximum absolute atomic E-state index is 10.7. The molecule has 16 heavy (non-hydrogen) atoms. The number of nitrogens with one attached hydrogen (secondary N) is 1. The second kappa shape index (κ2) is 5.05. The summed E-state index contributed by atoms with van der Waals surface area (Å²) >= 11 is 1.61. The van der Waals surface area contributed by atoms with E-state index >= 15 is 0 Å². The maximum atomic E-state index is 10.7. The third-order valence-corrected chi connectivity index (χ3v) is 3.86. The lowest BCUT2D eigenvalue weighted by Crippen LogP contribution is -2.41. The van der Waals surface area contributed by atoms with Crippen molar-refractivity contribution in [2.24, 2.45) is 4.99 Å². The molecule has 90 valence electrons. The highest BCUT2D eigenvalue weighted by molar-refractivity contribution is 8.14. The Morgan fingerprint density at radius 1 is 1.69 bits per heavy atom. The molecule has 0 spiro atoms. The number of nitrogens with zero attached hydrogens (tertiary/aromatic N) is 1. The van der Waals surface area contributed by atoms with Crippen molar-refractivity contribution < 1.29 is 14.3 Å². The van der Waals surface area contributed by atoms with E-state index in [0.29, 0.717) is 12.6 Å². The van der Waals surface area contributed by atoms with Gasteiger partial charge in [-0.15, -0.1) is 0 Å². The molecule has 2 saturated heterocycles. The van der Waals surface area contributed by atoms with Gasteiger partial charge in [-0.25, -0.2) is 0 Å². The third kappa shape index (κ3) is 2.68. The van der Waals surface area contributed by atoms with Gasteiger partial charge in [0, 0.05) is 14.0 Å². The monoisotopic (exact) mass is 244 g/mol. The Labute approximate surface area is 99.0 Å². The number of esters is 1. The van der Waals surface area contributed by atoms with Gasteiger partial charge in [-0.2, -0.15) is 0 Å². The lowest BCUT2D eigenvalue weighted by atomic mass is 10.1. The highest BCUT2D eigenvalue weighted by atomic mass is 32.2. The van der Waals surface area contributed by atoms with Gasteiger partial charge < -0.3 is 14.8 Å². The van der Waals surface area contributed by atoms with Crippen LogP contribution in [0.5, 0.6) is 0 Å². The van der Waals surface area contributed by atoms with Crippen LogP contribution >= 0.6 is 11.8 Å². The van der Waals surface area contributed by atoms with Crippen LogP contribution in [0.1, 0.15) is 19.8 Å². The molecular formula is C10H16N2O3S. The molecule has 2 rings (SSSR count). The normalized spacial score (nSPS) is 35.6. The van der Waals surface area contributed by atoms with Crippen molar-refractivity contribution in [2.45, 2.75) is 37.3 Å². The van der Waals surface area contributed by atoms with Crippen molar-refractivity contribution >= 4 is 22.9 Å².